The number of carbonyl (C=O) groups is 1. The van der Waals surface area contributed by atoms with Crippen LogP contribution >= 0.6 is 0 Å². The highest BCUT2D eigenvalue weighted by Gasteiger charge is 2.22. The van der Waals surface area contributed by atoms with E-state index in [2.05, 4.69) is 17.1 Å². The standard InChI is InChI=1S/C15H29N3O/c1-12-9-13(16)11-18(10-12)8-7-15(19)17-14-5-3-2-4-6-14/h12-14H,2-11,16H2,1H3,(H,17,19). The van der Waals surface area contributed by atoms with Crippen LogP contribution in [0.25, 0.3) is 0 Å². The summed E-state index contributed by atoms with van der Waals surface area (Å²) >= 11 is 0. The van der Waals surface area contributed by atoms with Gasteiger partial charge in [0.1, 0.15) is 0 Å². The zero-order valence-electron chi connectivity index (χ0n) is 12.2. The van der Waals surface area contributed by atoms with E-state index < -0.39 is 0 Å². The third kappa shape index (κ3) is 5.11. The second kappa shape index (κ2) is 7.25. The molecule has 19 heavy (non-hydrogen) atoms. The Labute approximate surface area is 117 Å². The molecular formula is C15H29N3O. The average Bonchev–Trinajstić information content (AvgIpc) is 2.36. The van der Waals surface area contributed by atoms with E-state index in [9.17, 15) is 4.79 Å². The van der Waals surface area contributed by atoms with Crippen LogP contribution in [0.3, 0.4) is 0 Å². The van der Waals surface area contributed by atoms with E-state index in [-0.39, 0.29) is 11.9 Å². The Kier molecular flexibility index (Phi) is 5.64. The van der Waals surface area contributed by atoms with Crippen molar-refractivity contribution in [3.8, 4) is 0 Å². The van der Waals surface area contributed by atoms with Gasteiger partial charge in [-0.25, -0.2) is 0 Å². The minimum atomic E-state index is 0.221. The second-order valence-electron chi connectivity index (χ2n) is 6.51. The van der Waals surface area contributed by atoms with Crippen molar-refractivity contribution < 1.29 is 4.79 Å². The Balaban J connectivity index is 1.65. The van der Waals surface area contributed by atoms with Crippen LogP contribution in [0.1, 0.15) is 51.9 Å². The summed E-state index contributed by atoms with van der Waals surface area (Å²) in [7, 11) is 0. The van der Waals surface area contributed by atoms with E-state index in [0.717, 1.165) is 38.9 Å². The summed E-state index contributed by atoms with van der Waals surface area (Å²) in [5, 5.41) is 3.18. The Morgan fingerprint density at radius 3 is 2.68 bits per heavy atom. The fraction of sp³-hybridized carbons (Fsp3) is 0.933. The molecule has 4 heteroatoms. The van der Waals surface area contributed by atoms with Gasteiger partial charge in [-0.15, -0.1) is 0 Å². The predicted octanol–water partition coefficient (Wildman–Crippen LogP) is 1.49. The summed E-state index contributed by atoms with van der Waals surface area (Å²) in [5.74, 6) is 0.879. The van der Waals surface area contributed by atoms with E-state index in [4.69, 9.17) is 5.73 Å². The summed E-state index contributed by atoms with van der Waals surface area (Å²) in [6.07, 6.45) is 7.93. The molecule has 1 aliphatic carbocycles. The van der Waals surface area contributed by atoms with Crippen molar-refractivity contribution in [2.75, 3.05) is 19.6 Å². The van der Waals surface area contributed by atoms with Crippen LogP contribution in [0.5, 0.6) is 0 Å². The first kappa shape index (κ1) is 14.8. The van der Waals surface area contributed by atoms with Crippen LogP contribution in [0.15, 0.2) is 0 Å². The summed E-state index contributed by atoms with van der Waals surface area (Å²) in [6.45, 7) is 5.14. The van der Waals surface area contributed by atoms with Crippen molar-refractivity contribution in [1.29, 1.82) is 0 Å². The fourth-order valence-electron chi connectivity index (χ4n) is 3.50. The van der Waals surface area contributed by atoms with Crippen LogP contribution in [0.4, 0.5) is 0 Å². The topological polar surface area (TPSA) is 58.4 Å². The number of hydrogen-bond donors (Lipinski definition) is 2. The maximum Gasteiger partial charge on any atom is 0.221 e. The molecule has 0 aromatic heterocycles. The Hall–Kier alpha value is -0.610. The first-order valence-corrected chi connectivity index (χ1v) is 7.91. The van der Waals surface area contributed by atoms with Gasteiger partial charge in [-0.1, -0.05) is 26.2 Å². The second-order valence-corrected chi connectivity index (χ2v) is 6.51. The number of amides is 1. The van der Waals surface area contributed by atoms with E-state index in [1.54, 1.807) is 0 Å². The normalized spacial score (nSPS) is 30.2. The van der Waals surface area contributed by atoms with E-state index in [1.165, 1.54) is 19.3 Å². The molecule has 4 nitrogen and oxygen atoms in total. The Morgan fingerprint density at radius 1 is 1.26 bits per heavy atom. The number of hydrogen-bond acceptors (Lipinski definition) is 3. The Morgan fingerprint density at radius 2 is 2.00 bits per heavy atom. The van der Waals surface area contributed by atoms with E-state index in [0.29, 0.717) is 18.4 Å². The molecule has 2 rings (SSSR count). The van der Waals surface area contributed by atoms with Gasteiger partial charge in [-0.2, -0.15) is 0 Å². The molecule has 1 amide bonds. The number of nitrogens with two attached hydrogens (primary N) is 1. The Bertz CT molecular complexity index is 279. The molecule has 2 unspecified atom stereocenters. The highest BCUT2D eigenvalue weighted by molar-refractivity contribution is 5.76. The summed E-state index contributed by atoms with van der Waals surface area (Å²) < 4.78 is 0. The summed E-state index contributed by atoms with van der Waals surface area (Å²) in [5.41, 5.74) is 6.03. The lowest BCUT2D eigenvalue weighted by Crippen LogP contribution is -2.47. The molecule has 1 saturated heterocycles. The van der Waals surface area contributed by atoms with Crippen LogP contribution in [0.2, 0.25) is 0 Å². The highest BCUT2D eigenvalue weighted by atomic mass is 16.1. The first-order valence-electron chi connectivity index (χ1n) is 7.91. The average molecular weight is 267 g/mol. The van der Waals surface area contributed by atoms with Crippen molar-refractivity contribution in [2.24, 2.45) is 11.7 Å². The maximum absolute atomic E-state index is 11.9. The third-order valence-corrected chi connectivity index (χ3v) is 4.39. The summed E-state index contributed by atoms with van der Waals surface area (Å²) in [6, 6.07) is 0.717. The minimum Gasteiger partial charge on any atom is -0.353 e. The minimum absolute atomic E-state index is 0.221. The van der Waals surface area contributed by atoms with Crippen molar-refractivity contribution in [1.82, 2.24) is 10.2 Å². The van der Waals surface area contributed by atoms with E-state index >= 15 is 0 Å². The molecule has 0 bridgehead atoms. The largest absolute Gasteiger partial charge is 0.353 e. The lowest BCUT2D eigenvalue weighted by molar-refractivity contribution is -0.122. The van der Waals surface area contributed by atoms with Gasteiger partial charge < -0.3 is 16.0 Å². The molecular weight excluding hydrogens is 238 g/mol. The molecule has 1 saturated carbocycles. The fourth-order valence-corrected chi connectivity index (χ4v) is 3.50. The molecule has 1 aliphatic heterocycles. The molecule has 2 aliphatic rings. The molecule has 2 fully saturated rings. The van der Waals surface area contributed by atoms with Gasteiger partial charge in [0.15, 0.2) is 0 Å². The summed E-state index contributed by atoms with van der Waals surface area (Å²) in [4.78, 5) is 14.3. The number of nitrogens with zero attached hydrogens (tertiary/aromatic N) is 1. The quantitative estimate of drug-likeness (QED) is 0.811. The van der Waals surface area contributed by atoms with Crippen LogP contribution in [0, 0.1) is 5.92 Å². The van der Waals surface area contributed by atoms with Gasteiger partial charge in [0.25, 0.3) is 0 Å². The number of nitrogens with one attached hydrogen (secondary N) is 1. The van der Waals surface area contributed by atoms with Crippen molar-refractivity contribution >= 4 is 5.91 Å². The maximum atomic E-state index is 11.9. The molecule has 0 spiro atoms. The van der Waals surface area contributed by atoms with Crippen LogP contribution < -0.4 is 11.1 Å². The molecule has 0 aromatic rings. The van der Waals surface area contributed by atoms with Crippen LogP contribution in [-0.4, -0.2) is 42.5 Å². The molecule has 2 atom stereocenters. The van der Waals surface area contributed by atoms with Crippen molar-refractivity contribution in [3.05, 3.63) is 0 Å². The lowest BCUT2D eigenvalue weighted by atomic mass is 9.95. The smallest absolute Gasteiger partial charge is 0.221 e. The molecule has 110 valence electrons. The van der Waals surface area contributed by atoms with Gasteiger partial charge in [0.2, 0.25) is 5.91 Å². The molecule has 0 radical (unpaired) electrons. The molecule has 1 heterocycles. The predicted molar refractivity (Wildman–Crippen MR) is 77.8 cm³/mol. The zero-order valence-corrected chi connectivity index (χ0v) is 12.2. The number of rotatable bonds is 4. The lowest BCUT2D eigenvalue weighted by Gasteiger charge is -2.34. The SMILES string of the molecule is CC1CC(N)CN(CCC(=O)NC2CCCCC2)C1. The van der Waals surface area contributed by atoms with Gasteiger partial charge >= 0.3 is 0 Å². The van der Waals surface area contributed by atoms with Crippen molar-refractivity contribution in [3.63, 3.8) is 0 Å². The zero-order chi connectivity index (χ0) is 13.7. The van der Waals surface area contributed by atoms with Crippen LogP contribution in [-0.2, 0) is 4.79 Å². The third-order valence-electron chi connectivity index (χ3n) is 4.39. The van der Waals surface area contributed by atoms with Gasteiger partial charge in [-0.3, -0.25) is 4.79 Å². The molecule has 3 N–H and O–H groups in total. The monoisotopic (exact) mass is 267 g/mol. The number of likely N-dealkylation sites (tertiary alicyclic amines) is 1. The van der Waals surface area contributed by atoms with Gasteiger partial charge in [0.05, 0.1) is 0 Å². The van der Waals surface area contributed by atoms with Gasteiger partial charge in [-0.05, 0) is 25.2 Å². The van der Waals surface area contributed by atoms with Gasteiger partial charge in [0, 0.05) is 38.1 Å². The van der Waals surface area contributed by atoms with Crippen molar-refractivity contribution in [2.45, 2.75) is 64.0 Å². The first-order chi connectivity index (χ1) is 9.13. The molecule has 0 aromatic carbocycles. The number of piperidine rings is 1. The number of carbonyl (C=O) groups excluding carboxylic acids is 1. The van der Waals surface area contributed by atoms with E-state index in [1.807, 2.05) is 0 Å². The highest BCUT2D eigenvalue weighted by Crippen LogP contribution is 2.18.